The summed E-state index contributed by atoms with van der Waals surface area (Å²) in [4.78, 5) is 0. The Kier molecular flexibility index (Phi) is 3.79. The summed E-state index contributed by atoms with van der Waals surface area (Å²) in [5.41, 5.74) is 8.77. The smallest absolute Gasteiger partial charge is 0.129 e. The van der Waals surface area contributed by atoms with Crippen LogP contribution in [0.1, 0.15) is 29.2 Å². The molecule has 0 aliphatic rings. The Morgan fingerprint density at radius 1 is 1.16 bits per heavy atom. The summed E-state index contributed by atoms with van der Waals surface area (Å²) < 4.78 is 15.2. The van der Waals surface area contributed by atoms with Crippen LogP contribution in [0.5, 0.6) is 0 Å². The van der Waals surface area contributed by atoms with E-state index in [1.54, 1.807) is 0 Å². The number of aryl methyl sites for hydroxylation is 2. The largest absolute Gasteiger partial charge is 0.318 e. The molecule has 3 heteroatoms. The molecule has 0 saturated carbocycles. The van der Waals surface area contributed by atoms with Crippen LogP contribution in [0.15, 0.2) is 40.9 Å². The highest BCUT2D eigenvalue weighted by Crippen LogP contribution is 2.35. The van der Waals surface area contributed by atoms with E-state index in [1.165, 1.54) is 6.07 Å². The van der Waals surface area contributed by atoms with Crippen molar-refractivity contribution in [2.24, 2.45) is 5.73 Å². The van der Waals surface area contributed by atoms with Crippen LogP contribution in [0.2, 0.25) is 0 Å². The van der Waals surface area contributed by atoms with Gasteiger partial charge in [-0.1, -0.05) is 40.2 Å². The summed E-state index contributed by atoms with van der Waals surface area (Å²) in [5, 5.41) is 0. The molecule has 0 aromatic heterocycles. The van der Waals surface area contributed by atoms with Crippen LogP contribution >= 0.6 is 15.9 Å². The van der Waals surface area contributed by atoms with Gasteiger partial charge in [0.2, 0.25) is 0 Å². The van der Waals surface area contributed by atoms with Crippen LogP contribution in [-0.4, -0.2) is 0 Å². The molecule has 1 atom stereocenters. The quantitative estimate of drug-likeness (QED) is 0.870. The van der Waals surface area contributed by atoms with Crippen molar-refractivity contribution in [3.05, 3.63) is 68.9 Å². The molecule has 0 amide bonds. The van der Waals surface area contributed by atoms with Crippen LogP contribution in [0.3, 0.4) is 0 Å². The minimum atomic E-state index is -0.873. The van der Waals surface area contributed by atoms with E-state index in [4.69, 9.17) is 5.73 Å². The predicted octanol–water partition coefficient (Wildman–Crippen LogP) is 4.43. The molecule has 0 spiro atoms. The molecule has 0 aliphatic heterocycles. The zero-order valence-corrected chi connectivity index (χ0v) is 12.9. The van der Waals surface area contributed by atoms with Gasteiger partial charge in [-0.15, -0.1) is 0 Å². The molecule has 0 heterocycles. The molecule has 100 valence electrons. The van der Waals surface area contributed by atoms with E-state index in [2.05, 4.69) is 15.9 Å². The third-order valence-electron chi connectivity index (χ3n) is 3.38. The third-order valence-corrected chi connectivity index (χ3v) is 4.08. The van der Waals surface area contributed by atoms with E-state index < -0.39 is 5.54 Å². The lowest BCUT2D eigenvalue weighted by atomic mass is 9.82. The van der Waals surface area contributed by atoms with Gasteiger partial charge in [-0.05, 0) is 49.6 Å². The highest BCUT2D eigenvalue weighted by Gasteiger charge is 2.30. The van der Waals surface area contributed by atoms with E-state index in [-0.39, 0.29) is 5.82 Å². The molecule has 1 unspecified atom stereocenters. The SMILES string of the molecule is Cc1cc(C)c(C(C)(N)c2ccccc2Br)c(F)c1. The number of nitrogens with two attached hydrogens (primary N) is 1. The van der Waals surface area contributed by atoms with Crippen molar-refractivity contribution in [2.75, 3.05) is 0 Å². The van der Waals surface area contributed by atoms with Crippen molar-refractivity contribution in [2.45, 2.75) is 26.3 Å². The lowest BCUT2D eigenvalue weighted by molar-refractivity contribution is 0.525. The normalized spacial score (nSPS) is 14.2. The monoisotopic (exact) mass is 321 g/mol. The molecule has 2 aromatic rings. The molecule has 2 aromatic carbocycles. The van der Waals surface area contributed by atoms with Crippen LogP contribution in [0.4, 0.5) is 4.39 Å². The molecule has 2 rings (SSSR count). The Bertz CT molecular complexity index is 597. The number of halogens is 2. The Hall–Kier alpha value is -1.19. The maximum atomic E-state index is 14.3. The highest BCUT2D eigenvalue weighted by molar-refractivity contribution is 9.10. The Labute approximate surface area is 121 Å². The zero-order valence-electron chi connectivity index (χ0n) is 11.3. The number of hydrogen-bond acceptors (Lipinski definition) is 1. The first-order valence-corrected chi connectivity index (χ1v) is 6.94. The summed E-state index contributed by atoms with van der Waals surface area (Å²) in [6.45, 7) is 5.62. The topological polar surface area (TPSA) is 26.0 Å². The Morgan fingerprint density at radius 2 is 1.79 bits per heavy atom. The van der Waals surface area contributed by atoms with Gasteiger partial charge < -0.3 is 5.73 Å². The van der Waals surface area contributed by atoms with Crippen LogP contribution < -0.4 is 5.73 Å². The second-order valence-corrected chi connectivity index (χ2v) is 5.98. The summed E-state index contributed by atoms with van der Waals surface area (Å²) in [6, 6.07) is 11.2. The standard InChI is InChI=1S/C16H17BrFN/c1-10-8-11(2)15(14(18)9-10)16(3,19)12-6-4-5-7-13(12)17/h4-9H,19H2,1-3H3. The van der Waals surface area contributed by atoms with Gasteiger partial charge in [0.25, 0.3) is 0 Å². The van der Waals surface area contributed by atoms with E-state index in [0.29, 0.717) is 5.56 Å². The van der Waals surface area contributed by atoms with E-state index in [1.807, 2.05) is 51.1 Å². The molecular formula is C16H17BrFN. The van der Waals surface area contributed by atoms with Crippen molar-refractivity contribution in [1.29, 1.82) is 0 Å². The fourth-order valence-corrected chi connectivity index (χ4v) is 3.29. The number of benzene rings is 2. The second kappa shape index (κ2) is 5.06. The maximum Gasteiger partial charge on any atom is 0.129 e. The Balaban J connectivity index is 2.67. The average molecular weight is 322 g/mol. The molecule has 0 fully saturated rings. The zero-order chi connectivity index (χ0) is 14.2. The van der Waals surface area contributed by atoms with Crippen molar-refractivity contribution in [3.8, 4) is 0 Å². The van der Waals surface area contributed by atoms with Gasteiger partial charge in [-0.3, -0.25) is 0 Å². The second-order valence-electron chi connectivity index (χ2n) is 5.12. The van der Waals surface area contributed by atoms with Gasteiger partial charge in [-0.2, -0.15) is 0 Å². The number of rotatable bonds is 2. The average Bonchev–Trinajstić information content (AvgIpc) is 2.27. The van der Waals surface area contributed by atoms with Crippen molar-refractivity contribution >= 4 is 15.9 Å². The summed E-state index contributed by atoms with van der Waals surface area (Å²) in [6.07, 6.45) is 0. The van der Waals surface area contributed by atoms with Crippen LogP contribution in [0.25, 0.3) is 0 Å². The molecule has 0 aliphatic carbocycles. The van der Waals surface area contributed by atoms with Gasteiger partial charge in [0.05, 0.1) is 5.54 Å². The first-order valence-electron chi connectivity index (χ1n) is 6.15. The highest BCUT2D eigenvalue weighted by atomic mass is 79.9. The summed E-state index contributed by atoms with van der Waals surface area (Å²) >= 11 is 3.49. The summed E-state index contributed by atoms with van der Waals surface area (Å²) in [7, 11) is 0. The van der Waals surface area contributed by atoms with Crippen molar-refractivity contribution in [3.63, 3.8) is 0 Å². The fraction of sp³-hybridized carbons (Fsp3) is 0.250. The molecule has 1 nitrogen and oxygen atoms in total. The first-order chi connectivity index (χ1) is 8.84. The van der Waals surface area contributed by atoms with Crippen LogP contribution in [-0.2, 0) is 5.54 Å². The van der Waals surface area contributed by atoms with Gasteiger partial charge in [0.15, 0.2) is 0 Å². The first kappa shape index (κ1) is 14.2. The lowest BCUT2D eigenvalue weighted by Crippen LogP contribution is -2.36. The van der Waals surface area contributed by atoms with E-state index in [0.717, 1.165) is 21.2 Å². The Morgan fingerprint density at radius 3 is 2.37 bits per heavy atom. The molecule has 0 saturated heterocycles. The predicted molar refractivity (Wildman–Crippen MR) is 80.7 cm³/mol. The maximum absolute atomic E-state index is 14.3. The third kappa shape index (κ3) is 2.58. The lowest BCUT2D eigenvalue weighted by Gasteiger charge is -2.29. The minimum Gasteiger partial charge on any atom is -0.318 e. The van der Waals surface area contributed by atoms with Gasteiger partial charge in [-0.25, -0.2) is 4.39 Å². The molecule has 0 radical (unpaired) electrons. The van der Waals surface area contributed by atoms with Crippen molar-refractivity contribution < 1.29 is 4.39 Å². The summed E-state index contributed by atoms with van der Waals surface area (Å²) in [5.74, 6) is -0.252. The molecule has 2 N–H and O–H groups in total. The fourth-order valence-electron chi connectivity index (χ4n) is 2.59. The molecular weight excluding hydrogens is 305 g/mol. The molecule has 0 bridgehead atoms. The number of hydrogen-bond donors (Lipinski definition) is 1. The van der Waals surface area contributed by atoms with E-state index in [9.17, 15) is 4.39 Å². The van der Waals surface area contributed by atoms with E-state index >= 15 is 0 Å². The van der Waals surface area contributed by atoms with Gasteiger partial charge in [0, 0.05) is 10.0 Å². The van der Waals surface area contributed by atoms with Crippen LogP contribution in [0, 0.1) is 19.7 Å². The molecule has 19 heavy (non-hydrogen) atoms. The van der Waals surface area contributed by atoms with Gasteiger partial charge in [0.1, 0.15) is 5.82 Å². The van der Waals surface area contributed by atoms with Crippen molar-refractivity contribution in [1.82, 2.24) is 0 Å². The van der Waals surface area contributed by atoms with Gasteiger partial charge >= 0.3 is 0 Å². The minimum absolute atomic E-state index is 0.252.